The Kier molecular flexibility index (Phi) is 37.5. The van der Waals surface area contributed by atoms with E-state index >= 15 is 0 Å². The normalized spacial score (nSPS) is 11.3. The number of nitrogens with two attached hydrogens (primary N) is 2. The molecule has 0 aliphatic heterocycles. The van der Waals surface area contributed by atoms with Crippen LogP contribution in [0.25, 0.3) is 0 Å². The molecule has 0 atom stereocenters. The summed E-state index contributed by atoms with van der Waals surface area (Å²) in [4.78, 5) is 49.8. The Labute approximate surface area is 338 Å². The van der Waals surface area contributed by atoms with E-state index in [0.717, 1.165) is 48.3 Å². The third kappa shape index (κ3) is 36.0. The first kappa shape index (κ1) is 54.6. The van der Waals surface area contributed by atoms with Crippen LogP contribution in [0.2, 0.25) is 0 Å². The molecular weight excluding hydrogens is 729 g/mol. The van der Waals surface area contributed by atoms with Crippen molar-refractivity contribution in [1.82, 2.24) is 9.80 Å². The first-order valence-electron chi connectivity index (χ1n) is 18.6. The summed E-state index contributed by atoms with van der Waals surface area (Å²) in [6.07, 6.45) is 20.3. The molecule has 0 spiro atoms. The molecular formula is C34H66CaN4O10S2. The first-order chi connectivity index (χ1) is 23.6. The van der Waals surface area contributed by atoms with Crippen LogP contribution in [0.15, 0.2) is 0 Å². The topological polar surface area (TPSA) is 241 Å². The second-order valence-corrected chi connectivity index (χ2v) is 15.7. The molecule has 0 fully saturated rings. The van der Waals surface area contributed by atoms with Gasteiger partial charge < -0.3 is 20.6 Å². The van der Waals surface area contributed by atoms with Crippen LogP contribution in [0, 0.1) is 0 Å². The predicted molar refractivity (Wildman–Crippen MR) is 199 cm³/mol. The van der Waals surface area contributed by atoms with Gasteiger partial charge in [-0.05, 0) is 12.8 Å². The van der Waals surface area contributed by atoms with Gasteiger partial charge in [-0.15, -0.1) is 0 Å². The Bertz CT molecular complexity index is 1050. The summed E-state index contributed by atoms with van der Waals surface area (Å²) in [5.41, 5.74) is 10.6. The molecule has 0 rings (SSSR count). The van der Waals surface area contributed by atoms with E-state index in [0.29, 0.717) is 12.8 Å². The van der Waals surface area contributed by atoms with Crippen molar-refractivity contribution in [3.63, 3.8) is 0 Å². The number of imide groups is 2. The molecule has 0 saturated heterocycles. The number of carbonyl (C=O) groups is 4. The van der Waals surface area contributed by atoms with Gasteiger partial charge in [-0.1, -0.05) is 117 Å². The van der Waals surface area contributed by atoms with Gasteiger partial charge >= 0.3 is 37.7 Å². The van der Waals surface area contributed by atoms with E-state index in [1.807, 2.05) is 0 Å². The van der Waals surface area contributed by atoms with E-state index in [1.54, 1.807) is 0 Å². The molecule has 4 amide bonds. The maximum atomic E-state index is 12.2. The SMILES string of the molecule is CCCCCCCCCCCC(=O)N(CCS(=O)(=O)[O-])C(=O)CCN.CCCCCCCCCCCC(=O)N(CCS(=O)(=O)[O-])C(=O)CCN.[Ca+2]. The number of hydrogen-bond acceptors (Lipinski definition) is 12. The molecule has 296 valence electrons. The van der Waals surface area contributed by atoms with Crippen LogP contribution in [0.1, 0.15) is 155 Å². The van der Waals surface area contributed by atoms with Crippen molar-refractivity contribution in [2.75, 3.05) is 37.7 Å². The predicted octanol–water partition coefficient (Wildman–Crippen LogP) is 3.93. The van der Waals surface area contributed by atoms with E-state index in [9.17, 15) is 45.1 Å². The minimum atomic E-state index is -4.47. The number of carbonyl (C=O) groups excluding carboxylic acids is 4. The number of nitrogens with zero attached hydrogens (tertiary/aromatic N) is 2. The van der Waals surface area contributed by atoms with E-state index in [4.69, 9.17) is 11.5 Å². The number of hydrogen-bond donors (Lipinski definition) is 2. The fraction of sp³-hybridized carbons (Fsp3) is 0.882. The third-order valence-corrected chi connectivity index (χ3v) is 9.40. The summed E-state index contributed by atoms with van der Waals surface area (Å²) in [7, 11) is -8.94. The van der Waals surface area contributed by atoms with Gasteiger partial charge in [0.2, 0.25) is 23.6 Å². The summed E-state index contributed by atoms with van der Waals surface area (Å²) >= 11 is 0. The standard InChI is InChI=1S/2C17H34N2O5S.Ca/c2*1-2-3-4-5-6-7-8-9-10-11-16(20)19(17(21)12-13-18)14-15-25(22,23)24;/h2*2-15,18H2,1H3,(H,22,23,24);/q;;+2/p-2. The molecule has 0 aromatic carbocycles. The third-order valence-electron chi connectivity index (χ3n) is 8.04. The van der Waals surface area contributed by atoms with Crippen molar-refractivity contribution >= 4 is 81.6 Å². The Morgan fingerprint density at radius 2 is 0.686 bits per heavy atom. The molecule has 0 heterocycles. The molecule has 0 aliphatic carbocycles. The molecule has 14 nitrogen and oxygen atoms in total. The maximum absolute atomic E-state index is 12.2. The molecule has 0 radical (unpaired) electrons. The van der Waals surface area contributed by atoms with Crippen molar-refractivity contribution in [3.8, 4) is 0 Å². The van der Waals surface area contributed by atoms with Crippen molar-refractivity contribution in [2.24, 2.45) is 11.5 Å². The van der Waals surface area contributed by atoms with E-state index < -0.39 is 55.4 Å². The number of unbranched alkanes of at least 4 members (excludes halogenated alkanes) is 16. The quantitative estimate of drug-likeness (QED) is 0.0597. The largest absolute Gasteiger partial charge is 2.00 e. The van der Waals surface area contributed by atoms with Crippen LogP contribution in [-0.4, -0.2) is 135 Å². The maximum Gasteiger partial charge on any atom is 2.00 e. The van der Waals surface area contributed by atoms with Gasteiger partial charge in [0.25, 0.3) is 0 Å². The zero-order valence-corrected chi connectivity index (χ0v) is 35.3. The summed E-state index contributed by atoms with van der Waals surface area (Å²) in [6.45, 7) is 3.74. The zero-order chi connectivity index (χ0) is 38.3. The van der Waals surface area contributed by atoms with Gasteiger partial charge in [0.15, 0.2) is 0 Å². The second kappa shape index (κ2) is 35.0. The van der Waals surface area contributed by atoms with Gasteiger partial charge in [0.05, 0.1) is 31.7 Å². The Morgan fingerprint density at radius 1 is 0.451 bits per heavy atom. The molecule has 4 N–H and O–H groups in total. The number of rotatable bonds is 30. The van der Waals surface area contributed by atoms with Gasteiger partial charge in [0, 0.05) is 51.9 Å². The average molecular weight is 795 g/mol. The van der Waals surface area contributed by atoms with Crippen LogP contribution >= 0.6 is 0 Å². The van der Waals surface area contributed by atoms with E-state index in [1.165, 1.54) is 64.2 Å². The molecule has 51 heavy (non-hydrogen) atoms. The Balaban J connectivity index is -0.000000886. The smallest absolute Gasteiger partial charge is 0.748 e. The van der Waals surface area contributed by atoms with Gasteiger partial charge in [-0.25, -0.2) is 16.8 Å². The van der Waals surface area contributed by atoms with Crippen molar-refractivity contribution in [2.45, 2.75) is 155 Å². The number of amides is 4. The van der Waals surface area contributed by atoms with Crippen LogP contribution < -0.4 is 11.5 Å². The molecule has 0 aromatic rings. The molecule has 0 aromatic heterocycles. The van der Waals surface area contributed by atoms with Crippen molar-refractivity contribution in [1.29, 1.82) is 0 Å². The molecule has 17 heteroatoms. The van der Waals surface area contributed by atoms with E-state index in [2.05, 4.69) is 13.8 Å². The monoisotopic (exact) mass is 794 g/mol. The fourth-order valence-corrected chi connectivity index (χ4v) is 5.96. The minimum Gasteiger partial charge on any atom is -0.748 e. The van der Waals surface area contributed by atoms with Gasteiger partial charge in [0.1, 0.15) is 0 Å². The van der Waals surface area contributed by atoms with E-state index in [-0.39, 0.29) is 89.6 Å². The van der Waals surface area contributed by atoms with Gasteiger partial charge in [-0.2, -0.15) is 0 Å². The summed E-state index contributed by atoms with van der Waals surface area (Å²) in [6, 6.07) is 0. The zero-order valence-electron chi connectivity index (χ0n) is 31.5. The Hall–Kier alpha value is -0.720. The van der Waals surface area contributed by atoms with Crippen molar-refractivity contribution < 1.29 is 45.1 Å². The minimum absolute atomic E-state index is 0. The average Bonchev–Trinajstić information content (AvgIpc) is 3.03. The molecule has 0 unspecified atom stereocenters. The summed E-state index contributed by atoms with van der Waals surface area (Å²) in [5, 5.41) is 0. The molecule has 0 aliphatic rings. The van der Waals surface area contributed by atoms with Crippen LogP contribution in [0.4, 0.5) is 0 Å². The van der Waals surface area contributed by atoms with Crippen molar-refractivity contribution in [3.05, 3.63) is 0 Å². The second-order valence-electron chi connectivity index (χ2n) is 12.6. The van der Waals surface area contributed by atoms with Crippen LogP contribution in [0.3, 0.4) is 0 Å². The molecule has 0 saturated carbocycles. The summed E-state index contributed by atoms with van der Waals surface area (Å²) in [5.74, 6) is -3.41. The van der Waals surface area contributed by atoms with Gasteiger partial charge in [-0.3, -0.25) is 29.0 Å². The fourth-order valence-electron chi connectivity index (χ4n) is 5.14. The first-order valence-corrected chi connectivity index (χ1v) is 21.7. The van der Waals surface area contributed by atoms with Crippen LogP contribution in [-0.2, 0) is 39.4 Å². The summed E-state index contributed by atoms with van der Waals surface area (Å²) < 4.78 is 64.4. The van der Waals surface area contributed by atoms with Crippen LogP contribution in [0.5, 0.6) is 0 Å². The molecule has 0 bridgehead atoms. The Morgan fingerprint density at radius 3 is 0.922 bits per heavy atom.